The van der Waals surface area contributed by atoms with E-state index in [2.05, 4.69) is 21.3 Å². The van der Waals surface area contributed by atoms with Crippen LogP contribution in [0.5, 0.6) is 0 Å². The number of rotatable bonds is 6. The second-order valence-electron chi connectivity index (χ2n) is 6.94. The van der Waals surface area contributed by atoms with Gasteiger partial charge in [-0.15, -0.1) is 0 Å². The summed E-state index contributed by atoms with van der Waals surface area (Å²) in [7, 11) is 0. The summed E-state index contributed by atoms with van der Waals surface area (Å²) < 4.78 is 0. The van der Waals surface area contributed by atoms with E-state index in [4.69, 9.17) is 5.73 Å². The Hall–Kier alpha value is -1.69. The molecule has 6 heteroatoms. The first-order valence-electron chi connectivity index (χ1n) is 9.11. The smallest absolute Gasteiger partial charge is 0.236 e. The number of carbonyl (C=O) groups is 1. The van der Waals surface area contributed by atoms with Crippen molar-refractivity contribution < 1.29 is 4.79 Å². The third-order valence-corrected chi connectivity index (χ3v) is 5.24. The van der Waals surface area contributed by atoms with Crippen molar-refractivity contribution >= 4 is 11.9 Å². The van der Waals surface area contributed by atoms with Gasteiger partial charge in [0.1, 0.15) is 6.04 Å². The SMILES string of the molecule is NC(=O)C1CN(c2ncccn2)CCN1C[CH]CC1CCCCC1. The van der Waals surface area contributed by atoms with Gasteiger partial charge in [-0.25, -0.2) is 9.97 Å². The van der Waals surface area contributed by atoms with Crippen LogP contribution in [0, 0.1) is 12.3 Å². The first-order chi connectivity index (χ1) is 11.7. The monoisotopic (exact) mass is 330 g/mol. The first kappa shape index (κ1) is 17.1. The fourth-order valence-electron chi connectivity index (χ4n) is 3.84. The van der Waals surface area contributed by atoms with E-state index in [-0.39, 0.29) is 11.9 Å². The number of hydrogen-bond donors (Lipinski definition) is 1. The van der Waals surface area contributed by atoms with Gasteiger partial charge < -0.3 is 10.6 Å². The van der Waals surface area contributed by atoms with Gasteiger partial charge in [0.15, 0.2) is 0 Å². The number of anilines is 1. The van der Waals surface area contributed by atoms with E-state index in [0.717, 1.165) is 32.0 Å². The summed E-state index contributed by atoms with van der Waals surface area (Å²) in [6.07, 6.45) is 13.8. The second kappa shape index (κ2) is 8.42. The van der Waals surface area contributed by atoms with Crippen LogP contribution in [0.15, 0.2) is 18.5 Å². The van der Waals surface area contributed by atoms with E-state index in [1.807, 2.05) is 4.90 Å². The maximum absolute atomic E-state index is 11.9. The van der Waals surface area contributed by atoms with Gasteiger partial charge in [0.25, 0.3) is 0 Å². The van der Waals surface area contributed by atoms with Crippen molar-refractivity contribution in [2.24, 2.45) is 11.7 Å². The predicted molar refractivity (Wildman–Crippen MR) is 94.3 cm³/mol. The molecular formula is C18H28N5O. The molecule has 1 saturated heterocycles. The standard InChI is InChI=1S/C18H28N5O/c19-17(24)16-14-23(18-20-9-5-10-21-18)13-12-22(16)11-4-8-15-6-2-1-3-7-15/h4-5,9-10,15-16H,1-3,6-8,11-14H2,(H2,19,24). The number of primary amides is 1. The van der Waals surface area contributed by atoms with Gasteiger partial charge in [-0.3, -0.25) is 9.69 Å². The Bertz CT molecular complexity index is 517. The zero-order chi connectivity index (χ0) is 16.8. The van der Waals surface area contributed by atoms with E-state index < -0.39 is 0 Å². The van der Waals surface area contributed by atoms with Crippen molar-refractivity contribution in [3.05, 3.63) is 24.9 Å². The molecule has 6 nitrogen and oxygen atoms in total. The molecule has 1 aromatic rings. The lowest BCUT2D eigenvalue weighted by molar-refractivity contribution is -0.123. The molecule has 0 spiro atoms. The number of piperazine rings is 1. The molecule has 2 aliphatic rings. The highest BCUT2D eigenvalue weighted by atomic mass is 16.1. The van der Waals surface area contributed by atoms with Gasteiger partial charge in [-0.05, 0) is 24.8 Å². The molecule has 3 rings (SSSR count). The molecule has 0 aromatic carbocycles. The highest BCUT2D eigenvalue weighted by Gasteiger charge is 2.31. The number of nitrogens with two attached hydrogens (primary N) is 1. The van der Waals surface area contributed by atoms with E-state index >= 15 is 0 Å². The summed E-state index contributed by atoms with van der Waals surface area (Å²) in [6, 6.07) is 1.52. The lowest BCUT2D eigenvalue weighted by Gasteiger charge is -2.40. The lowest BCUT2D eigenvalue weighted by Crippen LogP contribution is -2.58. The van der Waals surface area contributed by atoms with Crippen LogP contribution in [-0.2, 0) is 4.79 Å². The van der Waals surface area contributed by atoms with Crippen LogP contribution in [0.2, 0.25) is 0 Å². The molecule has 24 heavy (non-hydrogen) atoms. The molecule has 1 atom stereocenters. The molecule has 2 N–H and O–H groups in total. The van der Waals surface area contributed by atoms with Crippen LogP contribution >= 0.6 is 0 Å². The fourth-order valence-corrected chi connectivity index (χ4v) is 3.84. The van der Waals surface area contributed by atoms with Gasteiger partial charge in [0.05, 0.1) is 0 Å². The third-order valence-electron chi connectivity index (χ3n) is 5.24. The van der Waals surface area contributed by atoms with E-state index in [1.54, 1.807) is 18.5 Å². The van der Waals surface area contributed by atoms with Gasteiger partial charge in [0.2, 0.25) is 11.9 Å². The van der Waals surface area contributed by atoms with Crippen LogP contribution in [-0.4, -0.2) is 53.0 Å². The molecule has 2 fully saturated rings. The molecule has 1 radical (unpaired) electrons. The van der Waals surface area contributed by atoms with Crippen molar-refractivity contribution in [2.45, 2.75) is 44.6 Å². The molecule has 1 aliphatic carbocycles. The molecule has 131 valence electrons. The Morgan fingerprint density at radius 1 is 1.21 bits per heavy atom. The Labute approximate surface area is 144 Å². The summed E-state index contributed by atoms with van der Waals surface area (Å²) in [5.41, 5.74) is 5.65. The van der Waals surface area contributed by atoms with Gasteiger partial charge in [0, 0.05) is 38.6 Å². The summed E-state index contributed by atoms with van der Waals surface area (Å²) in [5.74, 6) is 1.25. The van der Waals surface area contributed by atoms with Crippen molar-refractivity contribution in [1.82, 2.24) is 14.9 Å². The first-order valence-corrected chi connectivity index (χ1v) is 9.11. The minimum atomic E-state index is -0.273. The summed E-state index contributed by atoms with van der Waals surface area (Å²) in [6.45, 7) is 3.04. The Morgan fingerprint density at radius 3 is 2.67 bits per heavy atom. The van der Waals surface area contributed by atoms with Gasteiger partial charge >= 0.3 is 0 Å². The quantitative estimate of drug-likeness (QED) is 0.858. The average Bonchev–Trinajstić information content (AvgIpc) is 2.63. The number of hydrogen-bond acceptors (Lipinski definition) is 5. The van der Waals surface area contributed by atoms with Crippen LogP contribution in [0.4, 0.5) is 5.95 Å². The Kier molecular flexibility index (Phi) is 6.01. The van der Waals surface area contributed by atoms with Crippen LogP contribution in [0.3, 0.4) is 0 Å². The van der Waals surface area contributed by atoms with Crippen molar-refractivity contribution in [3.8, 4) is 0 Å². The molecule has 1 unspecified atom stereocenters. The maximum Gasteiger partial charge on any atom is 0.236 e. The lowest BCUT2D eigenvalue weighted by atomic mass is 9.86. The maximum atomic E-state index is 11.9. The Morgan fingerprint density at radius 2 is 1.96 bits per heavy atom. The van der Waals surface area contributed by atoms with Crippen molar-refractivity contribution in [2.75, 3.05) is 31.1 Å². The molecule has 1 saturated carbocycles. The fraction of sp³-hybridized carbons (Fsp3) is 0.667. The number of carbonyl (C=O) groups excluding carboxylic acids is 1. The van der Waals surface area contributed by atoms with Gasteiger partial charge in [-0.1, -0.05) is 32.1 Å². The largest absolute Gasteiger partial charge is 0.368 e. The average molecular weight is 330 g/mol. The van der Waals surface area contributed by atoms with E-state index in [0.29, 0.717) is 12.5 Å². The highest BCUT2D eigenvalue weighted by Crippen LogP contribution is 2.27. The number of nitrogens with zero attached hydrogens (tertiary/aromatic N) is 4. The zero-order valence-electron chi connectivity index (χ0n) is 14.3. The topological polar surface area (TPSA) is 75.4 Å². The Balaban J connectivity index is 1.51. The summed E-state index contributed by atoms with van der Waals surface area (Å²) >= 11 is 0. The van der Waals surface area contributed by atoms with E-state index in [1.165, 1.54) is 32.1 Å². The molecule has 1 aliphatic heterocycles. The van der Waals surface area contributed by atoms with Crippen LogP contribution in [0.1, 0.15) is 38.5 Å². The molecule has 1 aromatic heterocycles. The molecular weight excluding hydrogens is 302 g/mol. The van der Waals surface area contributed by atoms with Crippen LogP contribution in [0.25, 0.3) is 0 Å². The third kappa shape index (κ3) is 4.44. The van der Waals surface area contributed by atoms with Crippen molar-refractivity contribution in [3.63, 3.8) is 0 Å². The minimum absolute atomic E-state index is 0.262. The summed E-state index contributed by atoms with van der Waals surface area (Å²) in [5, 5.41) is 0. The van der Waals surface area contributed by atoms with Gasteiger partial charge in [-0.2, -0.15) is 0 Å². The number of amides is 1. The normalized spacial score (nSPS) is 23.3. The minimum Gasteiger partial charge on any atom is -0.368 e. The van der Waals surface area contributed by atoms with Crippen molar-refractivity contribution in [1.29, 1.82) is 0 Å². The van der Waals surface area contributed by atoms with Crippen LogP contribution < -0.4 is 10.6 Å². The molecule has 2 heterocycles. The number of aromatic nitrogens is 2. The zero-order valence-corrected chi connectivity index (χ0v) is 14.3. The molecule has 1 amide bonds. The second-order valence-corrected chi connectivity index (χ2v) is 6.94. The predicted octanol–water partition coefficient (Wildman–Crippen LogP) is 1.63. The molecule has 0 bridgehead atoms. The summed E-state index contributed by atoms with van der Waals surface area (Å²) in [4.78, 5) is 24.7. The highest BCUT2D eigenvalue weighted by molar-refractivity contribution is 5.80. The van der Waals surface area contributed by atoms with E-state index in [9.17, 15) is 4.79 Å².